The molecule has 1 heterocycles. The smallest absolute Gasteiger partial charge is 0.449 e. The first-order valence-electron chi connectivity index (χ1n) is 5.70. The van der Waals surface area contributed by atoms with Crippen LogP contribution in [0.3, 0.4) is 0 Å². The molecule has 19 heavy (non-hydrogen) atoms. The van der Waals surface area contributed by atoms with E-state index in [9.17, 15) is 14.9 Å². The van der Waals surface area contributed by atoms with Gasteiger partial charge in [-0.1, -0.05) is 6.92 Å². The Morgan fingerprint density at radius 3 is 2.84 bits per heavy atom. The van der Waals surface area contributed by atoms with Crippen LogP contribution in [0.25, 0.3) is 0 Å². The first-order chi connectivity index (χ1) is 8.92. The fourth-order valence-corrected chi connectivity index (χ4v) is 2.17. The maximum atomic E-state index is 10.8. The SMILES string of the molecule is CC1(c2cc([N+](=O)[O-])ccc2OC(=O)O)CCOC1. The van der Waals surface area contributed by atoms with Gasteiger partial charge in [0.2, 0.25) is 0 Å². The molecular weight excluding hydrogens is 254 g/mol. The molecule has 0 saturated carbocycles. The molecule has 7 nitrogen and oxygen atoms in total. The van der Waals surface area contributed by atoms with E-state index in [-0.39, 0.29) is 11.4 Å². The van der Waals surface area contributed by atoms with E-state index >= 15 is 0 Å². The summed E-state index contributed by atoms with van der Waals surface area (Å²) in [6, 6.07) is 3.89. The van der Waals surface area contributed by atoms with E-state index < -0.39 is 16.5 Å². The van der Waals surface area contributed by atoms with Crippen molar-refractivity contribution in [2.45, 2.75) is 18.8 Å². The Morgan fingerprint density at radius 1 is 1.58 bits per heavy atom. The van der Waals surface area contributed by atoms with Gasteiger partial charge in [-0.2, -0.15) is 0 Å². The van der Waals surface area contributed by atoms with Gasteiger partial charge in [0, 0.05) is 29.7 Å². The first kappa shape index (κ1) is 13.3. The standard InChI is InChI=1S/C12H13NO6/c1-12(4-5-18-7-12)9-6-8(13(16)17)2-3-10(9)19-11(14)15/h2-3,6H,4-5,7H2,1H3,(H,14,15). The summed E-state index contributed by atoms with van der Waals surface area (Å²) in [5.74, 6) is 0.117. The normalized spacial score (nSPS) is 22.2. The zero-order chi connectivity index (χ0) is 14.0. The number of ether oxygens (including phenoxy) is 2. The van der Waals surface area contributed by atoms with Gasteiger partial charge in [-0.25, -0.2) is 4.79 Å². The van der Waals surface area contributed by atoms with Crippen molar-refractivity contribution in [3.8, 4) is 5.75 Å². The second-order valence-electron chi connectivity index (χ2n) is 4.67. The molecule has 0 bridgehead atoms. The summed E-state index contributed by atoms with van der Waals surface area (Å²) in [6.07, 6.45) is -0.790. The summed E-state index contributed by atoms with van der Waals surface area (Å²) in [6.45, 7) is 2.78. The van der Waals surface area contributed by atoms with Gasteiger partial charge in [-0.3, -0.25) is 10.1 Å². The lowest BCUT2D eigenvalue weighted by molar-refractivity contribution is -0.385. The van der Waals surface area contributed by atoms with E-state index in [4.69, 9.17) is 14.6 Å². The van der Waals surface area contributed by atoms with Crippen LogP contribution in [0, 0.1) is 10.1 Å². The molecule has 0 radical (unpaired) electrons. The maximum absolute atomic E-state index is 10.8. The summed E-state index contributed by atoms with van der Waals surface area (Å²) in [7, 11) is 0. The molecule has 7 heteroatoms. The van der Waals surface area contributed by atoms with Gasteiger partial charge in [0.15, 0.2) is 0 Å². The number of nitro benzene ring substituents is 1. The predicted octanol–water partition coefficient (Wildman–Crippen LogP) is 2.33. The van der Waals surface area contributed by atoms with Gasteiger partial charge < -0.3 is 14.6 Å². The van der Waals surface area contributed by atoms with Crippen molar-refractivity contribution in [2.24, 2.45) is 0 Å². The second kappa shape index (κ2) is 4.85. The minimum absolute atomic E-state index is 0.0964. The van der Waals surface area contributed by atoms with Gasteiger partial charge >= 0.3 is 6.16 Å². The van der Waals surface area contributed by atoms with Crippen LogP contribution in [0.4, 0.5) is 10.5 Å². The lowest BCUT2D eigenvalue weighted by Crippen LogP contribution is -2.23. The molecule has 102 valence electrons. The highest BCUT2D eigenvalue weighted by atomic mass is 16.7. The van der Waals surface area contributed by atoms with Gasteiger partial charge in [0.1, 0.15) is 5.75 Å². The average Bonchev–Trinajstić information content (AvgIpc) is 2.76. The molecule has 1 fully saturated rings. The third-order valence-electron chi connectivity index (χ3n) is 3.24. The Kier molecular flexibility index (Phi) is 3.39. The highest BCUT2D eigenvalue weighted by molar-refractivity contribution is 5.63. The minimum atomic E-state index is -1.45. The van der Waals surface area contributed by atoms with Crippen LogP contribution in [0.2, 0.25) is 0 Å². The number of hydrogen-bond acceptors (Lipinski definition) is 5. The van der Waals surface area contributed by atoms with Crippen LogP contribution in [-0.2, 0) is 10.2 Å². The Balaban J connectivity index is 2.49. The zero-order valence-corrected chi connectivity index (χ0v) is 10.3. The molecule has 2 rings (SSSR count). The second-order valence-corrected chi connectivity index (χ2v) is 4.67. The van der Waals surface area contributed by atoms with Crippen molar-refractivity contribution in [3.05, 3.63) is 33.9 Å². The Hall–Kier alpha value is -2.15. The summed E-state index contributed by atoms with van der Waals surface area (Å²) in [4.78, 5) is 21.0. The highest BCUT2D eigenvalue weighted by Crippen LogP contribution is 2.40. The van der Waals surface area contributed by atoms with Gasteiger partial charge in [-0.15, -0.1) is 0 Å². The predicted molar refractivity (Wildman–Crippen MR) is 64.5 cm³/mol. The molecule has 0 amide bonds. The molecule has 1 unspecified atom stereocenters. The summed E-state index contributed by atoms with van der Waals surface area (Å²) in [5.41, 5.74) is -0.0842. The van der Waals surface area contributed by atoms with E-state index in [1.807, 2.05) is 6.92 Å². The minimum Gasteiger partial charge on any atom is -0.449 e. The number of carboxylic acid groups (broad SMARTS) is 1. The largest absolute Gasteiger partial charge is 0.511 e. The van der Waals surface area contributed by atoms with Crippen molar-refractivity contribution >= 4 is 11.8 Å². The van der Waals surface area contributed by atoms with Crippen LogP contribution in [-0.4, -0.2) is 29.4 Å². The Bertz CT molecular complexity index is 521. The number of carbonyl (C=O) groups is 1. The lowest BCUT2D eigenvalue weighted by Gasteiger charge is -2.24. The molecular formula is C12H13NO6. The molecule has 1 saturated heterocycles. The Morgan fingerprint density at radius 2 is 2.32 bits per heavy atom. The molecule has 0 aliphatic carbocycles. The molecule has 1 aliphatic rings. The first-order valence-corrected chi connectivity index (χ1v) is 5.70. The van der Waals surface area contributed by atoms with Crippen molar-refractivity contribution in [1.29, 1.82) is 0 Å². The van der Waals surface area contributed by atoms with E-state index in [1.165, 1.54) is 18.2 Å². The quantitative estimate of drug-likeness (QED) is 0.390. The van der Waals surface area contributed by atoms with Gasteiger partial charge in [0.05, 0.1) is 11.5 Å². The summed E-state index contributed by atoms with van der Waals surface area (Å²) >= 11 is 0. The van der Waals surface area contributed by atoms with Crippen LogP contribution < -0.4 is 4.74 Å². The van der Waals surface area contributed by atoms with E-state index in [2.05, 4.69) is 0 Å². The topological polar surface area (TPSA) is 98.9 Å². The molecule has 1 aliphatic heterocycles. The van der Waals surface area contributed by atoms with Crippen molar-refractivity contribution in [1.82, 2.24) is 0 Å². The summed E-state index contributed by atoms with van der Waals surface area (Å²) in [5, 5.41) is 19.5. The lowest BCUT2D eigenvalue weighted by atomic mass is 9.81. The number of nitro groups is 1. The van der Waals surface area contributed by atoms with E-state index in [0.717, 1.165) is 0 Å². The van der Waals surface area contributed by atoms with Crippen LogP contribution in [0.1, 0.15) is 18.9 Å². The van der Waals surface area contributed by atoms with E-state index in [0.29, 0.717) is 25.2 Å². The molecule has 0 spiro atoms. The summed E-state index contributed by atoms with van der Waals surface area (Å²) < 4.78 is 10.00. The molecule has 1 N–H and O–H groups in total. The molecule has 1 atom stereocenters. The fraction of sp³-hybridized carbons (Fsp3) is 0.417. The molecule has 0 aromatic heterocycles. The third kappa shape index (κ3) is 2.65. The third-order valence-corrected chi connectivity index (χ3v) is 3.24. The number of hydrogen-bond donors (Lipinski definition) is 1. The number of nitrogens with zero attached hydrogens (tertiary/aromatic N) is 1. The molecule has 1 aromatic rings. The number of non-ortho nitro benzene ring substituents is 1. The monoisotopic (exact) mass is 267 g/mol. The van der Waals surface area contributed by atoms with Gasteiger partial charge in [-0.05, 0) is 12.5 Å². The number of benzene rings is 1. The molecule has 1 aromatic carbocycles. The van der Waals surface area contributed by atoms with Crippen molar-refractivity contribution in [3.63, 3.8) is 0 Å². The maximum Gasteiger partial charge on any atom is 0.511 e. The van der Waals surface area contributed by atoms with Crippen LogP contribution >= 0.6 is 0 Å². The van der Waals surface area contributed by atoms with Crippen molar-refractivity contribution < 1.29 is 24.3 Å². The highest BCUT2D eigenvalue weighted by Gasteiger charge is 2.36. The number of rotatable bonds is 3. The Labute approximate surface area is 108 Å². The zero-order valence-electron chi connectivity index (χ0n) is 10.3. The fourth-order valence-electron chi connectivity index (χ4n) is 2.17. The van der Waals surface area contributed by atoms with Gasteiger partial charge in [0.25, 0.3) is 5.69 Å². The van der Waals surface area contributed by atoms with Crippen molar-refractivity contribution in [2.75, 3.05) is 13.2 Å². The van der Waals surface area contributed by atoms with Crippen LogP contribution in [0.5, 0.6) is 5.75 Å². The van der Waals surface area contributed by atoms with Crippen LogP contribution in [0.15, 0.2) is 18.2 Å². The average molecular weight is 267 g/mol. The van der Waals surface area contributed by atoms with E-state index in [1.54, 1.807) is 0 Å².